The second-order valence-corrected chi connectivity index (χ2v) is 4.54. The zero-order valence-corrected chi connectivity index (χ0v) is 9.50. The molecule has 0 unspecified atom stereocenters. The minimum absolute atomic E-state index is 0.400. The van der Waals surface area contributed by atoms with Crippen molar-refractivity contribution in [3.8, 4) is 0 Å². The van der Waals surface area contributed by atoms with Crippen LogP contribution in [-0.4, -0.2) is 14.8 Å². The van der Waals surface area contributed by atoms with Crippen molar-refractivity contribution in [2.45, 2.75) is 26.4 Å². The predicted octanol–water partition coefficient (Wildman–Crippen LogP) is 1.41. The van der Waals surface area contributed by atoms with Gasteiger partial charge in [-0.2, -0.15) is 5.10 Å². The van der Waals surface area contributed by atoms with E-state index >= 15 is 0 Å². The van der Waals surface area contributed by atoms with E-state index in [-0.39, 0.29) is 0 Å². The number of aromatic nitrogens is 3. The van der Waals surface area contributed by atoms with Gasteiger partial charge < -0.3 is 5.73 Å². The summed E-state index contributed by atoms with van der Waals surface area (Å²) in [7, 11) is 0. The third-order valence-corrected chi connectivity index (χ3v) is 3.36. The summed E-state index contributed by atoms with van der Waals surface area (Å²) in [6, 6.07) is 4.31. The van der Waals surface area contributed by atoms with E-state index < -0.39 is 0 Å². The van der Waals surface area contributed by atoms with Crippen LogP contribution in [0.1, 0.15) is 22.5 Å². The highest BCUT2D eigenvalue weighted by Gasteiger charge is 2.02. The first-order valence-corrected chi connectivity index (χ1v) is 5.79. The van der Waals surface area contributed by atoms with Crippen LogP contribution in [0.5, 0.6) is 0 Å². The number of nitrogens with zero attached hydrogens (tertiary/aromatic N) is 3. The van der Waals surface area contributed by atoms with E-state index in [1.807, 2.05) is 16.0 Å². The fourth-order valence-electron chi connectivity index (χ4n) is 1.36. The van der Waals surface area contributed by atoms with Gasteiger partial charge in [0.05, 0.1) is 13.1 Å². The summed E-state index contributed by atoms with van der Waals surface area (Å²) < 4.78 is 1.83. The lowest BCUT2D eigenvalue weighted by atomic mass is 10.4. The first-order chi connectivity index (χ1) is 7.31. The molecule has 2 aromatic rings. The second-order valence-electron chi connectivity index (χ2n) is 3.28. The molecule has 0 fully saturated rings. The molecule has 0 aromatic carbocycles. The highest BCUT2D eigenvalue weighted by Crippen LogP contribution is 2.17. The third kappa shape index (κ3) is 2.43. The molecule has 0 atom stereocenters. The Kier molecular flexibility index (Phi) is 3.13. The van der Waals surface area contributed by atoms with Crippen LogP contribution in [0, 0.1) is 0 Å². The molecule has 0 saturated carbocycles. The Morgan fingerprint density at radius 1 is 1.40 bits per heavy atom. The van der Waals surface area contributed by atoms with Crippen LogP contribution < -0.4 is 5.73 Å². The lowest BCUT2D eigenvalue weighted by molar-refractivity contribution is 0.679. The van der Waals surface area contributed by atoms with Crippen molar-refractivity contribution in [3.63, 3.8) is 0 Å². The Bertz CT molecular complexity index is 392. The monoisotopic (exact) mass is 222 g/mol. The number of aryl methyl sites for hydroxylation is 1. The molecule has 80 valence electrons. The summed E-state index contributed by atoms with van der Waals surface area (Å²) in [6.07, 6.45) is 2.82. The van der Waals surface area contributed by atoms with Gasteiger partial charge in [-0.1, -0.05) is 6.92 Å². The largest absolute Gasteiger partial charge is 0.324 e. The molecule has 0 aliphatic carbocycles. The molecule has 0 saturated heterocycles. The van der Waals surface area contributed by atoms with Gasteiger partial charge in [-0.05, 0) is 18.6 Å². The van der Waals surface area contributed by atoms with Crippen molar-refractivity contribution in [2.75, 3.05) is 0 Å². The van der Waals surface area contributed by atoms with Crippen LogP contribution in [0.15, 0.2) is 18.5 Å². The van der Waals surface area contributed by atoms with Crippen molar-refractivity contribution in [3.05, 3.63) is 34.0 Å². The average Bonchev–Trinajstić information content (AvgIpc) is 2.87. The van der Waals surface area contributed by atoms with E-state index in [9.17, 15) is 0 Å². The molecule has 4 nitrogen and oxygen atoms in total. The first-order valence-electron chi connectivity index (χ1n) is 4.97. The summed E-state index contributed by atoms with van der Waals surface area (Å²) in [5, 5.41) is 4.25. The molecule has 15 heavy (non-hydrogen) atoms. The Morgan fingerprint density at radius 2 is 2.20 bits per heavy atom. The summed E-state index contributed by atoms with van der Waals surface area (Å²) >= 11 is 1.82. The number of thiophene rings is 1. The van der Waals surface area contributed by atoms with Gasteiger partial charge in [0.25, 0.3) is 0 Å². The topological polar surface area (TPSA) is 56.7 Å². The van der Waals surface area contributed by atoms with Crippen LogP contribution in [0.25, 0.3) is 0 Å². The fraction of sp³-hybridized carbons (Fsp3) is 0.400. The molecule has 0 aliphatic rings. The van der Waals surface area contributed by atoms with E-state index in [1.165, 1.54) is 9.75 Å². The summed E-state index contributed by atoms with van der Waals surface area (Å²) in [6.45, 7) is 3.35. The van der Waals surface area contributed by atoms with E-state index in [1.54, 1.807) is 6.33 Å². The lowest BCUT2D eigenvalue weighted by Gasteiger charge is -1.95. The Morgan fingerprint density at radius 3 is 2.80 bits per heavy atom. The van der Waals surface area contributed by atoms with Gasteiger partial charge in [0.2, 0.25) is 0 Å². The van der Waals surface area contributed by atoms with Crippen LogP contribution in [0.4, 0.5) is 0 Å². The highest BCUT2D eigenvalue weighted by molar-refractivity contribution is 7.11. The van der Waals surface area contributed by atoms with Crippen molar-refractivity contribution >= 4 is 11.3 Å². The molecule has 2 N–H and O–H groups in total. The number of hydrogen-bond acceptors (Lipinski definition) is 4. The van der Waals surface area contributed by atoms with Crippen LogP contribution in [-0.2, 0) is 19.5 Å². The van der Waals surface area contributed by atoms with Crippen LogP contribution in [0.2, 0.25) is 0 Å². The summed E-state index contributed by atoms with van der Waals surface area (Å²) in [5.41, 5.74) is 5.45. The molecular weight excluding hydrogens is 208 g/mol. The predicted molar refractivity (Wildman–Crippen MR) is 60.7 cm³/mol. The minimum Gasteiger partial charge on any atom is -0.324 e. The van der Waals surface area contributed by atoms with Gasteiger partial charge in [0.1, 0.15) is 6.33 Å². The highest BCUT2D eigenvalue weighted by atomic mass is 32.1. The smallest absolute Gasteiger partial charge is 0.164 e. The van der Waals surface area contributed by atoms with Crippen molar-refractivity contribution < 1.29 is 0 Å². The molecule has 0 aliphatic heterocycles. The maximum Gasteiger partial charge on any atom is 0.164 e. The molecule has 2 heterocycles. The zero-order chi connectivity index (χ0) is 10.7. The normalized spacial score (nSPS) is 10.8. The summed E-state index contributed by atoms with van der Waals surface area (Å²) in [4.78, 5) is 6.80. The SMILES string of the molecule is CCc1ccc(Cn2cnc(CN)n2)s1. The van der Waals surface area contributed by atoms with E-state index in [0.29, 0.717) is 12.4 Å². The molecule has 0 spiro atoms. The zero-order valence-electron chi connectivity index (χ0n) is 8.68. The number of rotatable bonds is 4. The van der Waals surface area contributed by atoms with Gasteiger partial charge in [0, 0.05) is 9.75 Å². The summed E-state index contributed by atoms with van der Waals surface area (Å²) in [5.74, 6) is 0.697. The molecule has 0 bridgehead atoms. The fourth-order valence-corrected chi connectivity index (χ4v) is 2.31. The molecule has 0 amide bonds. The van der Waals surface area contributed by atoms with E-state index in [0.717, 1.165) is 13.0 Å². The van der Waals surface area contributed by atoms with Crippen molar-refractivity contribution in [1.82, 2.24) is 14.8 Å². The van der Waals surface area contributed by atoms with Crippen molar-refractivity contribution in [2.24, 2.45) is 5.73 Å². The van der Waals surface area contributed by atoms with Crippen LogP contribution in [0.3, 0.4) is 0 Å². The van der Waals surface area contributed by atoms with Gasteiger partial charge in [-0.15, -0.1) is 11.3 Å². The van der Waals surface area contributed by atoms with Gasteiger partial charge >= 0.3 is 0 Å². The number of hydrogen-bond donors (Lipinski definition) is 1. The maximum absolute atomic E-state index is 5.45. The van der Waals surface area contributed by atoms with Crippen LogP contribution >= 0.6 is 11.3 Å². The molecule has 0 radical (unpaired) electrons. The Hall–Kier alpha value is -1.20. The quantitative estimate of drug-likeness (QED) is 0.851. The van der Waals surface area contributed by atoms with Gasteiger partial charge in [-0.25, -0.2) is 9.67 Å². The van der Waals surface area contributed by atoms with E-state index in [2.05, 4.69) is 29.1 Å². The maximum atomic E-state index is 5.45. The molecule has 5 heteroatoms. The molecular formula is C10H14N4S. The minimum atomic E-state index is 0.400. The molecule has 2 aromatic heterocycles. The van der Waals surface area contributed by atoms with Gasteiger partial charge in [0.15, 0.2) is 5.82 Å². The third-order valence-electron chi connectivity index (χ3n) is 2.15. The van der Waals surface area contributed by atoms with E-state index in [4.69, 9.17) is 5.73 Å². The van der Waals surface area contributed by atoms with Gasteiger partial charge in [-0.3, -0.25) is 0 Å². The molecule has 2 rings (SSSR count). The average molecular weight is 222 g/mol. The Labute approximate surface area is 92.8 Å². The number of nitrogens with two attached hydrogens (primary N) is 1. The lowest BCUT2D eigenvalue weighted by Crippen LogP contribution is -2.02. The first kappa shape index (κ1) is 10.3. The second kappa shape index (κ2) is 4.55. The Balaban J connectivity index is 2.07. The van der Waals surface area contributed by atoms with Crippen molar-refractivity contribution in [1.29, 1.82) is 0 Å². The standard InChI is InChI=1S/C10H14N4S/c1-2-8-3-4-9(15-8)6-14-7-12-10(5-11)13-14/h3-4,7H,2,5-6,11H2,1H3.